The molecule has 0 radical (unpaired) electrons. The van der Waals surface area contributed by atoms with Crippen LogP contribution in [-0.2, 0) is 4.74 Å². The Hall–Kier alpha value is -1.09. The monoisotopic (exact) mass is 204 g/mol. The van der Waals surface area contributed by atoms with E-state index in [4.69, 9.17) is 4.74 Å². The molecule has 2 saturated heterocycles. The van der Waals surface area contributed by atoms with E-state index in [-0.39, 0.29) is 5.60 Å². The van der Waals surface area contributed by atoms with Gasteiger partial charge in [-0.1, -0.05) is 6.07 Å². The van der Waals surface area contributed by atoms with E-state index in [1.807, 2.05) is 18.3 Å². The molecule has 1 aromatic heterocycles. The van der Waals surface area contributed by atoms with Gasteiger partial charge in [0.2, 0.25) is 0 Å². The normalized spacial score (nSPS) is 23.9. The largest absolute Gasteiger partial charge is 0.375 e. The second-order valence-corrected chi connectivity index (χ2v) is 4.46. The molecule has 0 unspecified atom stereocenters. The van der Waals surface area contributed by atoms with Gasteiger partial charge in [0.15, 0.2) is 0 Å². The number of ether oxygens (including phenoxy) is 1. The van der Waals surface area contributed by atoms with Crippen molar-refractivity contribution < 1.29 is 4.74 Å². The summed E-state index contributed by atoms with van der Waals surface area (Å²) in [5.41, 5.74) is 0.241. The van der Waals surface area contributed by atoms with Crippen LogP contribution in [0.2, 0.25) is 0 Å². The Balaban J connectivity index is 1.67. The fraction of sp³-hybridized carbons (Fsp3) is 0.583. The van der Waals surface area contributed by atoms with Crippen LogP contribution in [-0.4, -0.2) is 30.3 Å². The molecule has 0 aliphatic carbocycles. The molecule has 0 aromatic carbocycles. The first kappa shape index (κ1) is 9.16. The molecule has 3 rings (SSSR count). The summed E-state index contributed by atoms with van der Waals surface area (Å²) in [5, 5.41) is 0. The first-order valence-electron chi connectivity index (χ1n) is 5.68. The summed E-state index contributed by atoms with van der Waals surface area (Å²) in [6.07, 6.45) is 5.43. The fourth-order valence-corrected chi connectivity index (χ4v) is 2.47. The second kappa shape index (κ2) is 3.49. The predicted octanol–water partition coefficient (Wildman–Crippen LogP) is 1.84. The Morgan fingerprint density at radius 1 is 1.20 bits per heavy atom. The van der Waals surface area contributed by atoms with Crippen LogP contribution in [0.4, 0.5) is 5.82 Å². The maximum Gasteiger partial charge on any atom is 0.128 e. The topological polar surface area (TPSA) is 25.4 Å². The predicted molar refractivity (Wildman–Crippen MR) is 59.0 cm³/mol. The smallest absolute Gasteiger partial charge is 0.128 e. The van der Waals surface area contributed by atoms with Gasteiger partial charge in [0.25, 0.3) is 0 Å². The molecule has 0 atom stereocenters. The zero-order valence-corrected chi connectivity index (χ0v) is 8.85. The fourth-order valence-electron chi connectivity index (χ4n) is 2.47. The Morgan fingerprint density at radius 2 is 2.00 bits per heavy atom. The summed E-state index contributed by atoms with van der Waals surface area (Å²) in [5.74, 6) is 1.10. The minimum absolute atomic E-state index is 0.241. The Labute approximate surface area is 90.1 Å². The molecular formula is C12H16N2O. The van der Waals surface area contributed by atoms with E-state index < -0.39 is 0 Å². The van der Waals surface area contributed by atoms with Gasteiger partial charge in [0.1, 0.15) is 5.82 Å². The molecule has 2 aliphatic heterocycles. The number of hydrogen-bond acceptors (Lipinski definition) is 3. The average molecular weight is 204 g/mol. The minimum atomic E-state index is 0.241. The molecule has 0 saturated carbocycles. The van der Waals surface area contributed by atoms with Crippen LogP contribution in [0.5, 0.6) is 0 Å². The van der Waals surface area contributed by atoms with E-state index in [0.717, 1.165) is 38.4 Å². The maximum absolute atomic E-state index is 5.70. The Bertz CT molecular complexity index is 325. The number of aromatic nitrogens is 1. The number of rotatable bonds is 1. The minimum Gasteiger partial charge on any atom is -0.375 e. The third-order valence-corrected chi connectivity index (χ3v) is 3.61. The molecule has 80 valence electrons. The van der Waals surface area contributed by atoms with Gasteiger partial charge in [-0.05, 0) is 31.4 Å². The van der Waals surface area contributed by atoms with Crippen LogP contribution >= 0.6 is 0 Å². The van der Waals surface area contributed by atoms with E-state index in [1.54, 1.807) is 0 Å². The molecule has 0 bridgehead atoms. The van der Waals surface area contributed by atoms with E-state index in [1.165, 1.54) is 6.42 Å². The van der Waals surface area contributed by atoms with Crippen LogP contribution < -0.4 is 4.90 Å². The number of nitrogens with zero attached hydrogens (tertiary/aromatic N) is 2. The van der Waals surface area contributed by atoms with Crippen molar-refractivity contribution in [3.8, 4) is 0 Å². The summed E-state index contributed by atoms with van der Waals surface area (Å²) >= 11 is 0. The van der Waals surface area contributed by atoms with Crippen molar-refractivity contribution in [3.05, 3.63) is 24.4 Å². The zero-order valence-electron chi connectivity index (χ0n) is 8.85. The summed E-state index contributed by atoms with van der Waals surface area (Å²) in [4.78, 5) is 6.73. The van der Waals surface area contributed by atoms with Crippen molar-refractivity contribution in [2.75, 3.05) is 24.6 Å². The van der Waals surface area contributed by atoms with Gasteiger partial charge in [-0.15, -0.1) is 0 Å². The highest BCUT2D eigenvalue weighted by atomic mass is 16.5. The van der Waals surface area contributed by atoms with Crippen molar-refractivity contribution in [1.29, 1.82) is 0 Å². The highest BCUT2D eigenvalue weighted by Gasteiger charge is 2.41. The highest BCUT2D eigenvalue weighted by molar-refractivity contribution is 5.38. The summed E-state index contributed by atoms with van der Waals surface area (Å²) in [6, 6.07) is 6.09. The van der Waals surface area contributed by atoms with E-state index in [9.17, 15) is 0 Å². The van der Waals surface area contributed by atoms with Crippen LogP contribution in [0.25, 0.3) is 0 Å². The van der Waals surface area contributed by atoms with E-state index in [0.29, 0.717) is 0 Å². The van der Waals surface area contributed by atoms with Gasteiger partial charge in [0.05, 0.1) is 12.2 Å². The standard InChI is InChI=1S/C12H16N2O/c1-2-7-13-11(3-1)14-8-4-12(5-9-14)6-10-15-12/h1-3,7H,4-6,8-10H2. The van der Waals surface area contributed by atoms with Gasteiger partial charge >= 0.3 is 0 Å². The molecular weight excluding hydrogens is 188 g/mol. The maximum atomic E-state index is 5.70. The van der Waals surface area contributed by atoms with Crippen molar-refractivity contribution in [2.45, 2.75) is 24.9 Å². The van der Waals surface area contributed by atoms with Gasteiger partial charge in [0, 0.05) is 19.3 Å². The van der Waals surface area contributed by atoms with Gasteiger partial charge < -0.3 is 9.64 Å². The molecule has 2 fully saturated rings. The molecule has 0 N–H and O–H groups in total. The first-order chi connectivity index (χ1) is 7.38. The van der Waals surface area contributed by atoms with Crippen LogP contribution in [0.3, 0.4) is 0 Å². The summed E-state index contributed by atoms with van der Waals surface area (Å²) in [6.45, 7) is 3.12. The first-order valence-corrected chi connectivity index (χ1v) is 5.68. The average Bonchev–Trinajstić information content (AvgIpc) is 2.28. The van der Waals surface area contributed by atoms with Crippen LogP contribution in [0.1, 0.15) is 19.3 Å². The number of anilines is 1. The molecule has 1 aromatic rings. The highest BCUT2D eigenvalue weighted by Crippen LogP contribution is 2.37. The molecule has 15 heavy (non-hydrogen) atoms. The number of pyridine rings is 1. The van der Waals surface area contributed by atoms with Gasteiger partial charge in [-0.3, -0.25) is 0 Å². The lowest BCUT2D eigenvalue weighted by Gasteiger charge is -2.47. The van der Waals surface area contributed by atoms with Crippen LogP contribution in [0, 0.1) is 0 Å². The number of piperidine rings is 1. The third-order valence-electron chi connectivity index (χ3n) is 3.61. The summed E-state index contributed by atoms with van der Waals surface area (Å²) < 4.78 is 5.70. The lowest BCUT2D eigenvalue weighted by Crippen LogP contribution is -2.52. The molecule has 3 heterocycles. The number of hydrogen-bond donors (Lipinski definition) is 0. The Kier molecular flexibility index (Phi) is 2.13. The van der Waals surface area contributed by atoms with E-state index in [2.05, 4.69) is 16.0 Å². The molecule has 3 heteroatoms. The van der Waals surface area contributed by atoms with Crippen molar-refractivity contribution >= 4 is 5.82 Å². The third kappa shape index (κ3) is 1.61. The van der Waals surface area contributed by atoms with Crippen molar-refractivity contribution in [2.24, 2.45) is 0 Å². The molecule has 2 aliphatic rings. The van der Waals surface area contributed by atoms with Crippen molar-refractivity contribution in [1.82, 2.24) is 4.98 Å². The molecule has 3 nitrogen and oxygen atoms in total. The SMILES string of the molecule is c1ccc(N2CCC3(CCO3)CC2)nc1. The molecule has 0 amide bonds. The van der Waals surface area contributed by atoms with Gasteiger partial charge in [-0.2, -0.15) is 0 Å². The second-order valence-electron chi connectivity index (χ2n) is 4.46. The molecule has 1 spiro atoms. The lowest BCUT2D eigenvalue weighted by atomic mass is 9.84. The van der Waals surface area contributed by atoms with Crippen LogP contribution in [0.15, 0.2) is 24.4 Å². The van der Waals surface area contributed by atoms with E-state index >= 15 is 0 Å². The van der Waals surface area contributed by atoms with Gasteiger partial charge in [-0.25, -0.2) is 4.98 Å². The Morgan fingerprint density at radius 3 is 2.53 bits per heavy atom. The lowest BCUT2D eigenvalue weighted by molar-refractivity contribution is -0.158. The summed E-state index contributed by atoms with van der Waals surface area (Å²) in [7, 11) is 0. The zero-order chi connectivity index (χ0) is 10.1. The quantitative estimate of drug-likeness (QED) is 0.698. The van der Waals surface area contributed by atoms with Crippen molar-refractivity contribution in [3.63, 3.8) is 0 Å².